The smallest absolute Gasteiger partial charge is 0.117 e. The standard InChI is InChI=1S/C15H18OS/c1-15(2)7-3-4-12(15)14-8-10-5-6-11(16)9-13(10)17-14/h5-6,8-9,12,16H,3-4,7H2,1-2H3. The number of hydrogen-bond acceptors (Lipinski definition) is 2. The SMILES string of the molecule is CC1(C)CCCC1c1cc2ccc(O)cc2s1. The average molecular weight is 246 g/mol. The first kappa shape index (κ1) is 11.1. The van der Waals surface area contributed by atoms with Crippen LogP contribution in [0, 0.1) is 5.41 Å². The lowest BCUT2D eigenvalue weighted by Crippen LogP contribution is -2.14. The van der Waals surface area contributed by atoms with Crippen molar-refractivity contribution >= 4 is 21.4 Å². The molecule has 90 valence electrons. The van der Waals surface area contributed by atoms with Gasteiger partial charge in [0.25, 0.3) is 0 Å². The highest BCUT2D eigenvalue weighted by Crippen LogP contribution is 2.51. The predicted octanol–water partition coefficient (Wildman–Crippen LogP) is 4.90. The summed E-state index contributed by atoms with van der Waals surface area (Å²) in [4.78, 5) is 1.49. The number of phenolic OH excluding ortho intramolecular Hbond substituents is 1. The fraction of sp³-hybridized carbons (Fsp3) is 0.467. The maximum Gasteiger partial charge on any atom is 0.117 e. The molecule has 0 spiro atoms. The third kappa shape index (κ3) is 1.85. The molecule has 17 heavy (non-hydrogen) atoms. The van der Waals surface area contributed by atoms with E-state index >= 15 is 0 Å². The molecule has 1 aromatic heterocycles. The highest BCUT2D eigenvalue weighted by atomic mass is 32.1. The van der Waals surface area contributed by atoms with E-state index in [9.17, 15) is 5.11 Å². The molecule has 1 unspecified atom stereocenters. The Morgan fingerprint density at radius 1 is 1.29 bits per heavy atom. The highest BCUT2D eigenvalue weighted by molar-refractivity contribution is 7.19. The number of benzene rings is 1. The fourth-order valence-corrected chi connectivity index (χ4v) is 4.51. The second-order valence-electron chi connectivity index (χ2n) is 5.80. The summed E-state index contributed by atoms with van der Waals surface area (Å²) >= 11 is 1.85. The van der Waals surface area contributed by atoms with Gasteiger partial charge in [0.2, 0.25) is 0 Å². The lowest BCUT2D eigenvalue weighted by molar-refractivity contribution is 0.336. The van der Waals surface area contributed by atoms with E-state index in [1.165, 1.54) is 34.2 Å². The van der Waals surface area contributed by atoms with Gasteiger partial charge >= 0.3 is 0 Å². The Hall–Kier alpha value is -1.02. The van der Waals surface area contributed by atoms with E-state index in [4.69, 9.17) is 0 Å². The van der Waals surface area contributed by atoms with Crippen LogP contribution in [0.2, 0.25) is 0 Å². The van der Waals surface area contributed by atoms with E-state index in [2.05, 4.69) is 19.9 Å². The van der Waals surface area contributed by atoms with Crippen molar-refractivity contribution in [3.05, 3.63) is 29.1 Å². The summed E-state index contributed by atoms with van der Waals surface area (Å²) in [6.45, 7) is 4.76. The number of phenols is 1. The van der Waals surface area contributed by atoms with Gasteiger partial charge < -0.3 is 5.11 Å². The first-order chi connectivity index (χ1) is 8.06. The molecule has 0 saturated heterocycles. The van der Waals surface area contributed by atoms with E-state index in [1.807, 2.05) is 23.5 Å². The van der Waals surface area contributed by atoms with Crippen LogP contribution < -0.4 is 0 Å². The van der Waals surface area contributed by atoms with Gasteiger partial charge in [-0.3, -0.25) is 0 Å². The van der Waals surface area contributed by atoms with Crippen molar-refractivity contribution in [1.82, 2.24) is 0 Å². The molecule has 2 heteroatoms. The Labute approximate surface area is 106 Å². The molecule has 1 aromatic carbocycles. The van der Waals surface area contributed by atoms with Gasteiger partial charge in [0, 0.05) is 9.58 Å². The minimum absolute atomic E-state index is 0.372. The summed E-state index contributed by atoms with van der Waals surface area (Å²) in [6.07, 6.45) is 3.99. The van der Waals surface area contributed by atoms with Crippen LogP contribution in [0.4, 0.5) is 0 Å². The average Bonchev–Trinajstić information content (AvgIpc) is 2.79. The number of thiophene rings is 1. The van der Waals surface area contributed by atoms with Gasteiger partial charge in [0.15, 0.2) is 0 Å². The molecule has 0 amide bonds. The van der Waals surface area contributed by atoms with E-state index < -0.39 is 0 Å². The maximum atomic E-state index is 9.51. The lowest BCUT2D eigenvalue weighted by Gasteiger charge is -2.25. The zero-order valence-corrected chi connectivity index (χ0v) is 11.2. The molecule has 2 aromatic rings. The van der Waals surface area contributed by atoms with Crippen molar-refractivity contribution < 1.29 is 5.11 Å². The molecule has 0 bridgehead atoms. The molecule has 1 aliphatic carbocycles. The van der Waals surface area contributed by atoms with Crippen LogP contribution in [0.5, 0.6) is 5.75 Å². The van der Waals surface area contributed by atoms with Crippen molar-refractivity contribution in [3.8, 4) is 5.75 Å². The molecule has 1 N–H and O–H groups in total. The molecular weight excluding hydrogens is 228 g/mol. The lowest BCUT2D eigenvalue weighted by atomic mass is 9.81. The molecule has 3 rings (SSSR count). The van der Waals surface area contributed by atoms with Crippen LogP contribution in [0.15, 0.2) is 24.3 Å². The monoisotopic (exact) mass is 246 g/mol. The first-order valence-corrected chi connectivity index (χ1v) is 7.10. The zero-order valence-electron chi connectivity index (χ0n) is 10.4. The number of fused-ring (bicyclic) bond motifs is 1. The Balaban J connectivity index is 2.06. The van der Waals surface area contributed by atoms with Crippen LogP contribution >= 0.6 is 11.3 Å². The largest absolute Gasteiger partial charge is 0.508 e. The summed E-state index contributed by atoms with van der Waals surface area (Å²) in [5, 5.41) is 10.8. The van der Waals surface area contributed by atoms with Crippen LogP contribution in [-0.4, -0.2) is 5.11 Å². The van der Waals surface area contributed by atoms with Crippen molar-refractivity contribution in [1.29, 1.82) is 0 Å². The minimum atomic E-state index is 0.372. The van der Waals surface area contributed by atoms with Gasteiger partial charge in [0.05, 0.1) is 0 Å². The summed E-state index contributed by atoms with van der Waals surface area (Å²) in [5.74, 6) is 1.07. The van der Waals surface area contributed by atoms with Gasteiger partial charge in [0.1, 0.15) is 5.75 Å². The minimum Gasteiger partial charge on any atom is -0.508 e. The van der Waals surface area contributed by atoms with Gasteiger partial charge in [-0.1, -0.05) is 20.3 Å². The molecule has 1 saturated carbocycles. The molecular formula is C15H18OS. The van der Waals surface area contributed by atoms with Crippen molar-refractivity contribution in [3.63, 3.8) is 0 Å². The maximum absolute atomic E-state index is 9.51. The van der Waals surface area contributed by atoms with Gasteiger partial charge in [-0.25, -0.2) is 0 Å². The third-order valence-corrected chi connectivity index (χ3v) is 5.33. The number of hydrogen-bond donors (Lipinski definition) is 1. The highest BCUT2D eigenvalue weighted by Gasteiger charge is 2.36. The van der Waals surface area contributed by atoms with E-state index in [1.54, 1.807) is 6.07 Å². The Bertz CT molecular complexity index is 553. The second-order valence-corrected chi connectivity index (χ2v) is 6.92. The third-order valence-electron chi connectivity index (χ3n) is 4.12. The van der Waals surface area contributed by atoms with Gasteiger partial charge in [-0.05, 0) is 53.8 Å². The summed E-state index contributed by atoms with van der Waals surface area (Å²) in [5.41, 5.74) is 0.433. The summed E-state index contributed by atoms with van der Waals surface area (Å²) in [7, 11) is 0. The van der Waals surface area contributed by atoms with Crippen LogP contribution in [-0.2, 0) is 0 Å². The van der Waals surface area contributed by atoms with Crippen molar-refractivity contribution in [2.75, 3.05) is 0 Å². The van der Waals surface area contributed by atoms with Crippen LogP contribution in [0.3, 0.4) is 0 Å². The molecule has 1 atom stereocenters. The van der Waals surface area contributed by atoms with Crippen molar-refractivity contribution in [2.24, 2.45) is 5.41 Å². The Morgan fingerprint density at radius 2 is 2.12 bits per heavy atom. The first-order valence-electron chi connectivity index (χ1n) is 6.29. The fourth-order valence-electron chi connectivity index (χ4n) is 3.07. The van der Waals surface area contributed by atoms with E-state index in [-0.39, 0.29) is 0 Å². The molecule has 1 fully saturated rings. The number of aromatic hydroxyl groups is 1. The van der Waals surface area contributed by atoms with Crippen LogP contribution in [0.1, 0.15) is 43.9 Å². The Morgan fingerprint density at radius 3 is 2.82 bits per heavy atom. The van der Waals surface area contributed by atoms with Crippen molar-refractivity contribution in [2.45, 2.75) is 39.0 Å². The quantitative estimate of drug-likeness (QED) is 0.758. The molecule has 1 aliphatic rings. The normalized spacial score (nSPS) is 23.3. The zero-order chi connectivity index (χ0) is 12.0. The molecule has 1 heterocycles. The summed E-state index contributed by atoms with van der Waals surface area (Å²) < 4.78 is 1.21. The van der Waals surface area contributed by atoms with Gasteiger partial charge in [-0.2, -0.15) is 0 Å². The van der Waals surface area contributed by atoms with Gasteiger partial charge in [-0.15, -0.1) is 11.3 Å². The summed E-state index contributed by atoms with van der Waals surface area (Å²) in [6, 6.07) is 7.99. The van der Waals surface area contributed by atoms with Crippen LogP contribution in [0.25, 0.3) is 10.1 Å². The topological polar surface area (TPSA) is 20.2 Å². The molecule has 0 aliphatic heterocycles. The molecule has 1 nitrogen and oxygen atoms in total. The second kappa shape index (κ2) is 3.74. The predicted molar refractivity (Wildman–Crippen MR) is 73.9 cm³/mol. The number of rotatable bonds is 1. The van der Waals surface area contributed by atoms with E-state index in [0.29, 0.717) is 17.1 Å². The van der Waals surface area contributed by atoms with E-state index in [0.717, 1.165) is 0 Å². The Kier molecular flexibility index (Phi) is 2.44. The molecule has 0 radical (unpaired) electrons.